The topological polar surface area (TPSA) is 49.9 Å². The molecule has 0 aliphatic carbocycles. The maximum Gasteiger partial charge on any atom is 0.254 e. The molecule has 2 heterocycles. The molecule has 0 saturated carbocycles. The number of methoxy groups -OCH3 is 1. The molecule has 4 rings (SSSR count). The quantitative estimate of drug-likeness (QED) is 0.513. The molecule has 1 aliphatic heterocycles. The molecule has 2 amide bonds. The Hall–Kier alpha value is -3.12. The van der Waals surface area contributed by atoms with Gasteiger partial charge in [-0.05, 0) is 73.5 Å². The van der Waals surface area contributed by atoms with E-state index in [1.54, 1.807) is 47.6 Å². The first-order valence-electron chi connectivity index (χ1n) is 11.3. The maximum absolute atomic E-state index is 13.7. The number of rotatable bonds is 6. The summed E-state index contributed by atoms with van der Waals surface area (Å²) in [4.78, 5) is 32.0. The van der Waals surface area contributed by atoms with Crippen LogP contribution in [0.5, 0.6) is 5.75 Å². The highest BCUT2D eigenvalue weighted by molar-refractivity contribution is 7.10. The van der Waals surface area contributed by atoms with Gasteiger partial charge in [-0.15, -0.1) is 11.3 Å². The second-order valence-corrected chi connectivity index (χ2v) is 9.65. The molecular weight excluding hydrogens is 432 g/mol. The summed E-state index contributed by atoms with van der Waals surface area (Å²) in [5.74, 6) is 0.416. The summed E-state index contributed by atoms with van der Waals surface area (Å²) < 4.78 is 5.28. The average molecular weight is 463 g/mol. The molecule has 33 heavy (non-hydrogen) atoms. The first kappa shape index (κ1) is 23.1. The summed E-state index contributed by atoms with van der Waals surface area (Å²) in [6.45, 7) is 6.65. The van der Waals surface area contributed by atoms with Crippen LogP contribution in [0.3, 0.4) is 0 Å². The molecule has 1 atom stereocenters. The van der Waals surface area contributed by atoms with Crippen LogP contribution in [-0.4, -0.2) is 47.9 Å². The highest BCUT2D eigenvalue weighted by Crippen LogP contribution is 2.39. The second kappa shape index (κ2) is 9.79. The molecule has 0 spiro atoms. The van der Waals surface area contributed by atoms with E-state index in [2.05, 4.69) is 30.5 Å². The van der Waals surface area contributed by atoms with E-state index in [4.69, 9.17) is 4.74 Å². The average Bonchev–Trinajstić information content (AvgIpc) is 3.30. The first-order valence-corrected chi connectivity index (χ1v) is 12.1. The van der Waals surface area contributed by atoms with Crippen molar-refractivity contribution in [2.45, 2.75) is 39.3 Å². The molecule has 1 unspecified atom stereocenters. The number of benzene rings is 2. The van der Waals surface area contributed by atoms with Crippen LogP contribution >= 0.6 is 11.3 Å². The lowest BCUT2D eigenvalue weighted by Crippen LogP contribution is -2.48. The van der Waals surface area contributed by atoms with Gasteiger partial charge in [0.2, 0.25) is 5.91 Å². The molecule has 172 valence electrons. The molecule has 1 aromatic heterocycles. The number of ether oxygens (including phenoxy) is 1. The van der Waals surface area contributed by atoms with Crippen molar-refractivity contribution in [2.75, 3.05) is 20.2 Å². The van der Waals surface area contributed by atoms with Crippen LogP contribution in [0.2, 0.25) is 0 Å². The molecule has 0 bridgehead atoms. The van der Waals surface area contributed by atoms with Crippen LogP contribution in [-0.2, 0) is 11.2 Å². The van der Waals surface area contributed by atoms with Crippen molar-refractivity contribution in [3.05, 3.63) is 87.1 Å². The number of hydrogen-bond donors (Lipinski definition) is 0. The third-order valence-corrected chi connectivity index (χ3v) is 7.27. The predicted molar refractivity (Wildman–Crippen MR) is 132 cm³/mol. The van der Waals surface area contributed by atoms with Crippen molar-refractivity contribution >= 4 is 23.2 Å². The SMILES string of the molecule is COc1cccc(C(=O)N(CC(=O)N2CCc3sccc3C2c2ccccc2C)C(C)C)c1. The zero-order valence-electron chi connectivity index (χ0n) is 19.6. The molecule has 6 heteroatoms. The van der Waals surface area contributed by atoms with E-state index < -0.39 is 0 Å². The van der Waals surface area contributed by atoms with Crippen LogP contribution in [0, 0.1) is 6.92 Å². The second-order valence-electron chi connectivity index (χ2n) is 8.65. The summed E-state index contributed by atoms with van der Waals surface area (Å²) in [5, 5.41) is 2.11. The highest BCUT2D eigenvalue weighted by atomic mass is 32.1. The van der Waals surface area contributed by atoms with E-state index in [1.165, 1.54) is 10.4 Å². The van der Waals surface area contributed by atoms with Gasteiger partial charge in [-0.2, -0.15) is 0 Å². The number of fused-ring (bicyclic) bond motifs is 1. The Morgan fingerprint density at radius 3 is 2.64 bits per heavy atom. The van der Waals surface area contributed by atoms with Gasteiger partial charge in [-0.25, -0.2) is 0 Å². The summed E-state index contributed by atoms with van der Waals surface area (Å²) in [6, 6.07) is 17.2. The third kappa shape index (κ3) is 4.67. The molecule has 2 aromatic carbocycles. The summed E-state index contributed by atoms with van der Waals surface area (Å²) in [6.07, 6.45) is 0.840. The molecular formula is C27H30N2O3S. The number of carbonyl (C=O) groups excluding carboxylic acids is 2. The van der Waals surface area contributed by atoms with Crippen LogP contribution in [0.1, 0.15) is 51.8 Å². The van der Waals surface area contributed by atoms with Gasteiger partial charge in [0.05, 0.1) is 13.2 Å². The van der Waals surface area contributed by atoms with Crippen LogP contribution in [0.25, 0.3) is 0 Å². The Balaban J connectivity index is 1.63. The Kier molecular flexibility index (Phi) is 6.84. The van der Waals surface area contributed by atoms with Gasteiger partial charge in [-0.1, -0.05) is 30.3 Å². The fourth-order valence-electron chi connectivity index (χ4n) is 4.46. The van der Waals surface area contributed by atoms with E-state index in [0.29, 0.717) is 17.9 Å². The lowest BCUT2D eigenvalue weighted by atomic mass is 9.90. The Labute approximate surface area is 199 Å². The normalized spacial score (nSPS) is 15.3. The van der Waals surface area contributed by atoms with Crippen molar-refractivity contribution in [1.82, 2.24) is 9.80 Å². The summed E-state index contributed by atoms with van der Waals surface area (Å²) in [5.41, 5.74) is 4.02. The smallest absolute Gasteiger partial charge is 0.254 e. The van der Waals surface area contributed by atoms with Gasteiger partial charge < -0.3 is 14.5 Å². The molecule has 0 radical (unpaired) electrons. The summed E-state index contributed by atoms with van der Waals surface area (Å²) >= 11 is 1.75. The van der Waals surface area contributed by atoms with Gasteiger partial charge >= 0.3 is 0 Å². The van der Waals surface area contributed by atoms with Crippen molar-refractivity contribution in [1.29, 1.82) is 0 Å². The molecule has 0 fully saturated rings. The number of hydrogen-bond acceptors (Lipinski definition) is 4. The fourth-order valence-corrected chi connectivity index (χ4v) is 5.37. The molecule has 1 aliphatic rings. The van der Waals surface area contributed by atoms with Gasteiger partial charge in [0.1, 0.15) is 12.3 Å². The number of aryl methyl sites for hydroxylation is 1. The van der Waals surface area contributed by atoms with Crippen LogP contribution < -0.4 is 4.74 Å². The minimum Gasteiger partial charge on any atom is -0.497 e. The van der Waals surface area contributed by atoms with Crippen molar-refractivity contribution < 1.29 is 14.3 Å². The number of nitrogens with zero attached hydrogens (tertiary/aromatic N) is 2. The fraction of sp³-hybridized carbons (Fsp3) is 0.333. The lowest BCUT2D eigenvalue weighted by molar-refractivity contribution is -0.134. The standard InChI is InChI=1S/C27H30N2O3S/c1-18(2)29(27(31)20-9-7-10-21(16-20)32-4)17-25(30)28-14-12-24-23(13-15-33-24)26(28)22-11-6-5-8-19(22)3/h5-11,13,15-16,18,26H,12,14,17H2,1-4H3. The van der Waals surface area contributed by atoms with Gasteiger partial charge in [-0.3, -0.25) is 9.59 Å². The van der Waals surface area contributed by atoms with Crippen molar-refractivity contribution in [3.8, 4) is 5.75 Å². The van der Waals surface area contributed by atoms with E-state index in [-0.39, 0.29) is 30.4 Å². The zero-order chi connectivity index (χ0) is 23.5. The van der Waals surface area contributed by atoms with Crippen molar-refractivity contribution in [3.63, 3.8) is 0 Å². The lowest BCUT2D eigenvalue weighted by Gasteiger charge is -2.38. The minimum atomic E-state index is -0.169. The molecule has 0 N–H and O–H groups in total. The number of carbonyl (C=O) groups is 2. The molecule has 5 nitrogen and oxygen atoms in total. The maximum atomic E-state index is 13.7. The monoisotopic (exact) mass is 462 g/mol. The highest BCUT2D eigenvalue weighted by Gasteiger charge is 2.35. The van der Waals surface area contributed by atoms with Gasteiger partial charge in [0.15, 0.2) is 0 Å². The van der Waals surface area contributed by atoms with E-state index >= 15 is 0 Å². The Morgan fingerprint density at radius 1 is 1.12 bits per heavy atom. The van der Waals surface area contributed by atoms with E-state index in [9.17, 15) is 9.59 Å². The van der Waals surface area contributed by atoms with Gasteiger partial charge in [0, 0.05) is 23.0 Å². The molecule has 0 saturated heterocycles. The largest absolute Gasteiger partial charge is 0.497 e. The van der Waals surface area contributed by atoms with Crippen LogP contribution in [0.4, 0.5) is 0 Å². The first-order chi connectivity index (χ1) is 15.9. The minimum absolute atomic E-state index is 0.0370. The summed E-state index contributed by atoms with van der Waals surface area (Å²) in [7, 11) is 1.58. The Morgan fingerprint density at radius 2 is 1.91 bits per heavy atom. The van der Waals surface area contributed by atoms with Crippen LogP contribution in [0.15, 0.2) is 60.0 Å². The zero-order valence-corrected chi connectivity index (χ0v) is 20.4. The third-order valence-electron chi connectivity index (χ3n) is 6.28. The Bertz CT molecular complexity index is 1150. The van der Waals surface area contributed by atoms with E-state index in [0.717, 1.165) is 17.5 Å². The number of amides is 2. The van der Waals surface area contributed by atoms with E-state index in [1.807, 2.05) is 30.9 Å². The predicted octanol–water partition coefficient (Wildman–Crippen LogP) is 5.09. The molecule has 3 aromatic rings. The van der Waals surface area contributed by atoms with Gasteiger partial charge in [0.25, 0.3) is 5.91 Å². The number of thiophene rings is 1. The van der Waals surface area contributed by atoms with Crippen molar-refractivity contribution in [2.24, 2.45) is 0 Å².